The predicted molar refractivity (Wildman–Crippen MR) is 201 cm³/mol. The SMILES string of the molecule is CCCCCCCCCCCCCC=CC(O)C(COC(=O)CCC(=O)OCCOC)NC(=O)CCCCCCCCCCCCCCC. The van der Waals surface area contributed by atoms with Crippen LogP contribution in [0, 0.1) is 0 Å². The number of rotatable bonds is 37. The molecule has 0 aliphatic heterocycles. The molecule has 2 N–H and O–H groups in total. The van der Waals surface area contributed by atoms with Gasteiger partial charge in [0.15, 0.2) is 0 Å². The van der Waals surface area contributed by atoms with Gasteiger partial charge in [-0.3, -0.25) is 14.4 Å². The number of hydrogen-bond donors (Lipinski definition) is 2. The second-order valence-electron chi connectivity index (χ2n) is 13.8. The lowest BCUT2D eigenvalue weighted by Gasteiger charge is -2.22. The Morgan fingerprint density at radius 2 is 1.00 bits per heavy atom. The van der Waals surface area contributed by atoms with Gasteiger partial charge in [0.05, 0.1) is 31.6 Å². The second-order valence-corrected chi connectivity index (χ2v) is 13.8. The van der Waals surface area contributed by atoms with Crippen LogP contribution >= 0.6 is 0 Å². The number of carbonyl (C=O) groups is 3. The van der Waals surface area contributed by atoms with Crippen molar-refractivity contribution >= 4 is 17.8 Å². The van der Waals surface area contributed by atoms with Crippen LogP contribution in [0.25, 0.3) is 0 Å². The molecule has 288 valence electrons. The molecule has 0 heterocycles. The van der Waals surface area contributed by atoms with Crippen LogP contribution in [0.5, 0.6) is 0 Å². The summed E-state index contributed by atoms with van der Waals surface area (Å²) in [7, 11) is 1.52. The summed E-state index contributed by atoms with van der Waals surface area (Å²) < 4.78 is 15.2. The van der Waals surface area contributed by atoms with Crippen molar-refractivity contribution in [3.8, 4) is 0 Å². The number of esters is 2. The van der Waals surface area contributed by atoms with Crippen molar-refractivity contribution in [3.05, 3.63) is 12.2 Å². The minimum absolute atomic E-state index is 0.0972. The van der Waals surface area contributed by atoms with Gasteiger partial charge in [0.2, 0.25) is 5.91 Å². The Labute approximate surface area is 301 Å². The van der Waals surface area contributed by atoms with Crippen molar-refractivity contribution in [2.45, 2.75) is 206 Å². The molecule has 1 amide bonds. The largest absolute Gasteiger partial charge is 0.463 e. The quantitative estimate of drug-likeness (QED) is 0.0378. The number of methoxy groups -OCH3 is 1. The van der Waals surface area contributed by atoms with E-state index in [-0.39, 0.29) is 32.0 Å². The van der Waals surface area contributed by atoms with Gasteiger partial charge in [-0.05, 0) is 19.3 Å². The highest BCUT2D eigenvalue weighted by Crippen LogP contribution is 2.14. The van der Waals surface area contributed by atoms with Crippen molar-refractivity contribution in [2.24, 2.45) is 0 Å². The van der Waals surface area contributed by atoms with Crippen LogP contribution in [0.15, 0.2) is 12.2 Å². The summed E-state index contributed by atoms with van der Waals surface area (Å²) in [6.45, 7) is 4.77. The average molecular weight is 696 g/mol. The van der Waals surface area contributed by atoms with E-state index in [1.54, 1.807) is 6.08 Å². The first-order valence-electron chi connectivity index (χ1n) is 20.4. The van der Waals surface area contributed by atoms with E-state index in [9.17, 15) is 19.5 Å². The Morgan fingerprint density at radius 1 is 0.571 bits per heavy atom. The maximum Gasteiger partial charge on any atom is 0.306 e. The number of ether oxygens (including phenoxy) is 3. The van der Waals surface area contributed by atoms with E-state index in [0.717, 1.165) is 32.1 Å². The van der Waals surface area contributed by atoms with Gasteiger partial charge < -0.3 is 24.6 Å². The lowest BCUT2D eigenvalue weighted by Crippen LogP contribution is -2.46. The predicted octanol–water partition coefficient (Wildman–Crippen LogP) is 10.1. The molecular weight excluding hydrogens is 618 g/mol. The average Bonchev–Trinajstić information content (AvgIpc) is 3.09. The molecule has 49 heavy (non-hydrogen) atoms. The molecule has 0 fully saturated rings. The summed E-state index contributed by atoms with van der Waals surface area (Å²) in [5, 5.41) is 13.8. The molecule has 0 bridgehead atoms. The summed E-state index contributed by atoms with van der Waals surface area (Å²) in [5.74, 6) is -1.22. The van der Waals surface area contributed by atoms with Crippen LogP contribution in [0.2, 0.25) is 0 Å². The summed E-state index contributed by atoms with van der Waals surface area (Å²) in [5.41, 5.74) is 0. The molecule has 2 atom stereocenters. The number of aliphatic hydroxyl groups excluding tert-OH is 1. The number of carbonyl (C=O) groups excluding carboxylic acids is 3. The summed E-state index contributed by atoms with van der Waals surface area (Å²) in [6, 6.07) is -0.749. The van der Waals surface area contributed by atoms with Gasteiger partial charge >= 0.3 is 11.9 Å². The summed E-state index contributed by atoms with van der Waals surface area (Å²) in [6.07, 6.45) is 34.0. The Kier molecular flexibility index (Phi) is 35.9. The number of allylic oxidation sites excluding steroid dienone is 1. The lowest BCUT2D eigenvalue weighted by atomic mass is 10.0. The van der Waals surface area contributed by atoms with E-state index in [4.69, 9.17) is 14.2 Å². The topological polar surface area (TPSA) is 111 Å². The molecule has 0 aromatic rings. The third-order valence-corrected chi connectivity index (χ3v) is 9.08. The minimum Gasteiger partial charge on any atom is -0.463 e. The third kappa shape index (κ3) is 34.3. The number of unbranched alkanes of at least 4 members (excludes halogenated alkanes) is 23. The third-order valence-electron chi connectivity index (χ3n) is 9.08. The van der Waals surface area contributed by atoms with E-state index in [0.29, 0.717) is 13.0 Å². The zero-order chi connectivity index (χ0) is 36.0. The summed E-state index contributed by atoms with van der Waals surface area (Å²) >= 11 is 0. The maximum absolute atomic E-state index is 12.8. The number of hydrogen-bond acceptors (Lipinski definition) is 7. The Hall–Kier alpha value is -1.93. The van der Waals surface area contributed by atoms with E-state index >= 15 is 0 Å². The molecule has 0 spiro atoms. The van der Waals surface area contributed by atoms with Gasteiger partial charge in [-0.25, -0.2) is 0 Å². The fourth-order valence-electron chi connectivity index (χ4n) is 5.87. The molecule has 0 rings (SSSR count). The smallest absolute Gasteiger partial charge is 0.306 e. The molecule has 0 saturated carbocycles. The van der Waals surface area contributed by atoms with Gasteiger partial charge in [0.1, 0.15) is 13.2 Å². The summed E-state index contributed by atoms with van der Waals surface area (Å²) in [4.78, 5) is 36.9. The number of aliphatic hydroxyl groups is 1. The van der Waals surface area contributed by atoms with Gasteiger partial charge in [-0.1, -0.05) is 167 Å². The minimum atomic E-state index is -0.977. The highest BCUT2D eigenvalue weighted by atomic mass is 16.6. The molecule has 0 aliphatic rings. The second kappa shape index (κ2) is 37.3. The molecule has 0 saturated heterocycles. The Bertz CT molecular complexity index is 788. The molecule has 0 aromatic carbocycles. The highest BCUT2D eigenvalue weighted by molar-refractivity contribution is 5.78. The molecular formula is C41H77NO7. The molecule has 2 unspecified atom stereocenters. The molecule has 0 radical (unpaired) electrons. The van der Waals surface area contributed by atoms with E-state index in [1.165, 1.54) is 136 Å². The van der Waals surface area contributed by atoms with Crippen molar-refractivity contribution in [3.63, 3.8) is 0 Å². The highest BCUT2D eigenvalue weighted by Gasteiger charge is 2.21. The fourth-order valence-corrected chi connectivity index (χ4v) is 5.87. The number of nitrogens with one attached hydrogen (secondary N) is 1. The van der Waals surface area contributed by atoms with Crippen molar-refractivity contribution in [2.75, 3.05) is 26.9 Å². The normalized spacial score (nSPS) is 12.7. The van der Waals surface area contributed by atoms with Crippen LogP contribution in [0.1, 0.15) is 194 Å². The van der Waals surface area contributed by atoms with Gasteiger partial charge in [-0.15, -0.1) is 0 Å². The fraction of sp³-hybridized carbons (Fsp3) is 0.878. The van der Waals surface area contributed by atoms with E-state index in [1.807, 2.05) is 6.08 Å². The first kappa shape index (κ1) is 47.1. The Balaban J connectivity index is 4.45. The van der Waals surface area contributed by atoms with Crippen LogP contribution in [-0.2, 0) is 28.6 Å². The van der Waals surface area contributed by atoms with Crippen LogP contribution < -0.4 is 5.32 Å². The number of amides is 1. The van der Waals surface area contributed by atoms with Gasteiger partial charge in [0.25, 0.3) is 0 Å². The molecule has 0 aromatic heterocycles. The van der Waals surface area contributed by atoms with Crippen molar-refractivity contribution < 1.29 is 33.7 Å². The van der Waals surface area contributed by atoms with Crippen molar-refractivity contribution in [1.29, 1.82) is 0 Å². The molecule has 8 heteroatoms. The van der Waals surface area contributed by atoms with Crippen molar-refractivity contribution in [1.82, 2.24) is 5.32 Å². The monoisotopic (exact) mass is 696 g/mol. The van der Waals surface area contributed by atoms with Crippen LogP contribution in [0.4, 0.5) is 0 Å². The Morgan fingerprint density at radius 3 is 1.47 bits per heavy atom. The zero-order valence-corrected chi connectivity index (χ0v) is 32.1. The maximum atomic E-state index is 12.8. The lowest BCUT2D eigenvalue weighted by molar-refractivity contribution is -0.151. The van der Waals surface area contributed by atoms with Crippen LogP contribution in [0.3, 0.4) is 0 Å². The zero-order valence-electron chi connectivity index (χ0n) is 32.1. The molecule has 0 aliphatic carbocycles. The van der Waals surface area contributed by atoms with E-state index in [2.05, 4.69) is 19.2 Å². The molecule has 8 nitrogen and oxygen atoms in total. The van der Waals surface area contributed by atoms with Gasteiger partial charge in [0, 0.05) is 13.5 Å². The first-order valence-corrected chi connectivity index (χ1v) is 20.4. The van der Waals surface area contributed by atoms with Crippen LogP contribution in [-0.4, -0.2) is 62.0 Å². The van der Waals surface area contributed by atoms with E-state index < -0.39 is 24.1 Å². The van der Waals surface area contributed by atoms with Gasteiger partial charge in [-0.2, -0.15) is 0 Å². The standard InChI is InChI=1S/C41H77NO7/c1-4-6-8-10-12-14-16-18-20-22-24-26-28-30-38(43)37(36-49-41(46)33-32-40(45)48-35-34-47-3)42-39(44)31-29-27-25-23-21-19-17-15-13-11-9-7-5-2/h28,30,37-38,43H,4-27,29,31-36H2,1-3H3,(H,42,44). The first-order chi connectivity index (χ1) is 23.9.